The minimum Gasteiger partial charge on any atom is -0.490 e. The quantitative estimate of drug-likeness (QED) is 0.877. The van der Waals surface area contributed by atoms with E-state index in [-0.39, 0.29) is 5.88 Å². The maximum absolute atomic E-state index is 5.73. The molecule has 2 heterocycles. The summed E-state index contributed by atoms with van der Waals surface area (Å²) in [5, 5.41) is 3.68. The van der Waals surface area contributed by atoms with Gasteiger partial charge in [0.05, 0.1) is 29.4 Å². The van der Waals surface area contributed by atoms with Gasteiger partial charge in [-0.1, -0.05) is 5.16 Å². The molecule has 5 nitrogen and oxygen atoms in total. The molecule has 0 atom stereocenters. The number of ether oxygens (including phenoxy) is 2. The van der Waals surface area contributed by atoms with Crippen molar-refractivity contribution in [1.82, 2.24) is 5.16 Å². The van der Waals surface area contributed by atoms with Crippen molar-refractivity contribution in [3.05, 3.63) is 22.8 Å². The summed E-state index contributed by atoms with van der Waals surface area (Å²) in [5.41, 5.74) is 7.33. The lowest BCUT2D eigenvalue weighted by Gasteiger charge is -2.12. The van der Waals surface area contributed by atoms with E-state index in [9.17, 15) is 0 Å². The Bertz CT molecular complexity index is 583. The van der Waals surface area contributed by atoms with Gasteiger partial charge in [0.15, 0.2) is 11.5 Å². The zero-order chi connectivity index (χ0) is 12.5. The highest BCUT2D eigenvalue weighted by atomic mass is 79.9. The van der Waals surface area contributed by atoms with Crippen molar-refractivity contribution in [2.24, 2.45) is 0 Å². The molecular formula is C12H11BrN2O3. The van der Waals surface area contributed by atoms with E-state index < -0.39 is 0 Å². The standard InChI is InChI=1S/C12H11BrN2O3/c13-10-7(8-6-15-18-12(8)14)2-3-9-11(10)17-5-1-4-16-9/h2-3,6H,1,4-5,14H2. The van der Waals surface area contributed by atoms with Crippen LogP contribution in [0.4, 0.5) is 5.88 Å². The molecule has 2 N–H and O–H groups in total. The van der Waals surface area contributed by atoms with Gasteiger partial charge in [-0.2, -0.15) is 0 Å². The van der Waals surface area contributed by atoms with Crippen LogP contribution in [0.2, 0.25) is 0 Å². The van der Waals surface area contributed by atoms with Crippen LogP contribution in [0.15, 0.2) is 27.3 Å². The Morgan fingerprint density at radius 2 is 2.00 bits per heavy atom. The summed E-state index contributed by atoms with van der Waals surface area (Å²) in [6, 6.07) is 3.77. The molecule has 0 unspecified atom stereocenters. The Kier molecular flexibility index (Phi) is 2.87. The van der Waals surface area contributed by atoms with Crippen LogP contribution in [0.1, 0.15) is 6.42 Å². The highest BCUT2D eigenvalue weighted by molar-refractivity contribution is 9.10. The Hall–Kier alpha value is -1.69. The topological polar surface area (TPSA) is 70.5 Å². The van der Waals surface area contributed by atoms with Gasteiger partial charge in [-0.3, -0.25) is 0 Å². The summed E-state index contributed by atoms with van der Waals surface area (Å²) in [6.07, 6.45) is 2.45. The Balaban J connectivity index is 2.13. The fourth-order valence-electron chi connectivity index (χ4n) is 1.86. The molecule has 0 saturated carbocycles. The van der Waals surface area contributed by atoms with Crippen molar-refractivity contribution in [3.8, 4) is 22.6 Å². The van der Waals surface area contributed by atoms with Crippen molar-refractivity contribution in [3.63, 3.8) is 0 Å². The Labute approximate surface area is 112 Å². The first-order valence-corrected chi connectivity index (χ1v) is 6.35. The van der Waals surface area contributed by atoms with Gasteiger partial charge in [0, 0.05) is 12.0 Å². The molecule has 1 aliphatic rings. The van der Waals surface area contributed by atoms with Crippen molar-refractivity contribution in [2.45, 2.75) is 6.42 Å². The lowest BCUT2D eigenvalue weighted by Crippen LogP contribution is -1.97. The maximum atomic E-state index is 5.73. The third kappa shape index (κ3) is 1.82. The van der Waals surface area contributed by atoms with Crippen LogP contribution in [-0.4, -0.2) is 18.4 Å². The molecule has 0 radical (unpaired) electrons. The van der Waals surface area contributed by atoms with Gasteiger partial charge >= 0.3 is 0 Å². The summed E-state index contributed by atoms with van der Waals surface area (Å²) < 4.78 is 17.0. The summed E-state index contributed by atoms with van der Waals surface area (Å²) in [5.74, 6) is 1.72. The summed E-state index contributed by atoms with van der Waals surface area (Å²) in [7, 11) is 0. The second-order valence-corrected chi connectivity index (χ2v) is 4.70. The average Bonchev–Trinajstić information content (AvgIpc) is 2.65. The average molecular weight is 311 g/mol. The number of nitrogens with two attached hydrogens (primary N) is 1. The van der Waals surface area contributed by atoms with Crippen LogP contribution >= 0.6 is 15.9 Å². The van der Waals surface area contributed by atoms with Crippen LogP contribution in [0.25, 0.3) is 11.1 Å². The first-order chi connectivity index (χ1) is 8.77. The lowest BCUT2D eigenvalue weighted by molar-refractivity contribution is 0.296. The van der Waals surface area contributed by atoms with Crippen molar-refractivity contribution >= 4 is 21.8 Å². The van der Waals surface area contributed by atoms with Gasteiger partial charge in [-0.05, 0) is 28.1 Å². The predicted molar refractivity (Wildman–Crippen MR) is 69.7 cm³/mol. The fourth-order valence-corrected chi connectivity index (χ4v) is 2.52. The molecule has 0 saturated heterocycles. The monoisotopic (exact) mass is 310 g/mol. The number of aromatic nitrogens is 1. The fraction of sp³-hybridized carbons (Fsp3) is 0.250. The first kappa shape index (κ1) is 11.4. The molecule has 1 aromatic carbocycles. The van der Waals surface area contributed by atoms with E-state index >= 15 is 0 Å². The molecule has 1 aromatic heterocycles. The third-order valence-electron chi connectivity index (χ3n) is 2.74. The van der Waals surface area contributed by atoms with Crippen LogP contribution in [0.3, 0.4) is 0 Å². The third-order valence-corrected chi connectivity index (χ3v) is 3.53. The molecule has 1 aliphatic heterocycles. The maximum Gasteiger partial charge on any atom is 0.229 e. The molecule has 18 heavy (non-hydrogen) atoms. The largest absolute Gasteiger partial charge is 0.490 e. The van der Waals surface area contributed by atoms with Crippen LogP contribution in [-0.2, 0) is 0 Å². The van der Waals surface area contributed by atoms with E-state index in [1.54, 1.807) is 6.20 Å². The molecular weight excluding hydrogens is 300 g/mol. The van der Waals surface area contributed by atoms with Gasteiger partial charge in [0.25, 0.3) is 0 Å². The summed E-state index contributed by atoms with van der Waals surface area (Å²) in [4.78, 5) is 0. The number of hydrogen-bond acceptors (Lipinski definition) is 5. The van der Waals surface area contributed by atoms with Gasteiger partial charge in [-0.25, -0.2) is 0 Å². The summed E-state index contributed by atoms with van der Waals surface area (Å²) >= 11 is 3.53. The van der Waals surface area contributed by atoms with E-state index in [0.29, 0.717) is 19.0 Å². The van der Waals surface area contributed by atoms with E-state index in [4.69, 9.17) is 19.7 Å². The molecule has 0 bridgehead atoms. The number of fused-ring (bicyclic) bond motifs is 1. The molecule has 0 amide bonds. The van der Waals surface area contributed by atoms with E-state index in [1.807, 2.05) is 12.1 Å². The molecule has 0 fully saturated rings. The second kappa shape index (κ2) is 4.53. The highest BCUT2D eigenvalue weighted by Crippen LogP contribution is 2.44. The van der Waals surface area contributed by atoms with Crippen molar-refractivity contribution in [1.29, 1.82) is 0 Å². The van der Waals surface area contributed by atoms with E-state index in [2.05, 4.69) is 21.1 Å². The van der Waals surface area contributed by atoms with Gasteiger partial charge in [0.1, 0.15) is 0 Å². The smallest absolute Gasteiger partial charge is 0.229 e. The Morgan fingerprint density at radius 1 is 1.17 bits per heavy atom. The lowest BCUT2D eigenvalue weighted by atomic mass is 10.1. The number of hydrogen-bond donors (Lipinski definition) is 1. The number of halogens is 1. The minimum absolute atomic E-state index is 0.283. The summed E-state index contributed by atoms with van der Waals surface area (Å²) in [6.45, 7) is 1.29. The molecule has 94 valence electrons. The van der Waals surface area contributed by atoms with Crippen LogP contribution in [0.5, 0.6) is 11.5 Å². The molecule has 0 aliphatic carbocycles. The van der Waals surface area contributed by atoms with E-state index in [0.717, 1.165) is 27.8 Å². The van der Waals surface area contributed by atoms with Crippen molar-refractivity contribution in [2.75, 3.05) is 18.9 Å². The second-order valence-electron chi connectivity index (χ2n) is 3.91. The number of rotatable bonds is 1. The molecule has 6 heteroatoms. The van der Waals surface area contributed by atoms with Gasteiger partial charge in [0.2, 0.25) is 5.88 Å². The van der Waals surface area contributed by atoms with Crippen LogP contribution < -0.4 is 15.2 Å². The zero-order valence-electron chi connectivity index (χ0n) is 9.48. The Morgan fingerprint density at radius 3 is 2.78 bits per heavy atom. The van der Waals surface area contributed by atoms with E-state index in [1.165, 1.54) is 0 Å². The molecule has 3 rings (SSSR count). The number of nitrogens with zero attached hydrogens (tertiary/aromatic N) is 1. The van der Waals surface area contributed by atoms with Gasteiger partial charge in [-0.15, -0.1) is 0 Å². The number of benzene rings is 1. The first-order valence-electron chi connectivity index (χ1n) is 5.56. The number of nitrogen functional groups attached to an aromatic ring is 1. The highest BCUT2D eigenvalue weighted by Gasteiger charge is 2.19. The van der Waals surface area contributed by atoms with Crippen LogP contribution in [0, 0.1) is 0 Å². The molecule has 0 spiro atoms. The predicted octanol–water partition coefficient (Wildman–Crippen LogP) is 2.85. The van der Waals surface area contributed by atoms with Crippen molar-refractivity contribution < 1.29 is 14.0 Å². The normalized spacial score (nSPS) is 14.3. The SMILES string of the molecule is Nc1oncc1-c1ccc2c(c1Br)OCCCO2. The van der Waals surface area contributed by atoms with Gasteiger partial charge < -0.3 is 19.7 Å². The zero-order valence-corrected chi connectivity index (χ0v) is 11.1. The minimum atomic E-state index is 0.283. The number of anilines is 1. The molecule has 2 aromatic rings.